The molecule has 2 aromatic heterocycles. The van der Waals surface area contributed by atoms with E-state index in [2.05, 4.69) is 10.1 Å². The number of furan rings is 1. The first-order chi connectivity index (χ1) is 11.0. The summed E-state index contributed by atoms with van der Waals surface area (Å²) in [4.78, 5) is 18.8. The molecule has 0 saturated carbocycles. The van der Waals surface area contributed by atoms with Crippen LogP contribution in [0.5, 0.6) is 0 Å². The molecule has 124 valence electrons. The Hall–Kier alpha value is -2.15. The second kappa shape index (κ2) is 6.16. The van der Waals surface area contributed by atoms with Crippen LogP contribution in [-0.2, 0) is 11.2 Å². The maximum atomic E-state index is 12.9. The zero-order valence-corrected chi connectivity index (χ0v) is 13.8. The molecule has 1 fully saturated rings. The van der Waals surface area contributed by atoms with Gasteiger partial charge in [0.25, 0.3) is 5.91 Å². The molecule has 0 N–H and O–H groups in total. The van der Waals surface area contributed by atoms with Gasteiger partial charge in [-0.15, -0.1) is 0 Å². The number of likely N-dealkylation sites (tertiary alicyclic amines) is 1. The smallest absolute Gasteiger partial charge is 0.290 e. The van der Waals surface area contributed by atoms with Crippen LogP contribution in [0.15, 0.2) is 15.0 Å². The molecule has 1 amide bonds. The van der Waals surface area contributed by atoms with Crippen LogP contribution in [0.3, 0.4) is 0 Å². The maximum Gasteiger partial charge on any atom is 0.290 e. The third-order valence-electron chi connectivity index (χ3n) is 4.24. The van der Waals surface area contributed by atoms with Gasteiger partial charge in [0.05, 0.1) is 6.10 Å². The fourth-order valence-electron chi connectivity index (χ4n) is 2.99. The first-order valence-corrected chi connectivity index (χ1v) is 7.76. The molecule has 0 bridgehead atoms. The van der Waals surface area contributed by atoms with E-state index in [1.54, 1.807) is 25.0 Å². The number of carbonyl (C=O) groups excluding carboxylic acids is 1. The van der Waals surface area contributed by atoms with Crippen molar-refractivity contribution in [3.63, 3.8) is 0 Å². The van der Waals surface area contributed by atoms with E-state index in [1.165, 1.54) is 0 Å². The molecular formula is C16H21N3O4. The second-order valence-electron chi connectivity index (χ2n) is 5.82. The molecule has 3 heterocycles. The number of amides is 1. The fourth-order valence-corrected chi connectivity index (χ4v) is 2.99. The number of carbonyl (C=O) groups is 1. The van der Waals surface area contributed by atoms with Crippen LogP contribution in [0.25, 0.3) is 0 Å². The van der Waals surface area contributed by atoms with Crippen molar-refractivity contribution in [1.82, 2.24) is 15.0 Å². The van der Waals surface area contributed by atoms with E-state index in [4.69, 9.17) is 13.7 Å². The number of aromatic nitrogens is 2. The summed E-state index contributed by atoms with van der Waals surface area (Å²) in [6, 6.07) is 1.50. The SMILES string of the molecule is CCc1oc(C(=O)N2C[C@H](OC)C[C@@H]2c2nc(C)no2)cc1C. The predicted octanol–water partition coefficient (Wildman–Crippen LogP) is 2.44. The minimum Gasteiger partial charge on any atom is -0.456 e. The Bertz CT molecular complexity index is 706. The van der Waals surface area contributed by atoms with E-state index in [1.807, 2.05) is 13.8 Å². The van der Waals surface area contributed by atoms with E-state index in [9.17, 15) is 4.79 Å². The van der Waals surface area contributed by atoms with Gasteiger partial charge in [0.15, 0.2) is 11.6 Å². The van der Waals surface area contributed by atoms with Gasteiger partial charge in [-0.3, -0.25) is 4.79 Å². The van der Waals surface area contributed by atoms with Crippen molar-refractivity contribution in [2.75, 3.05) is 13.7 Å². The highest BCUT2D eigenvalue weighted by Gasteiger charge is 2.40. The van der Waals surface area contributed by atoms with Gasteiger partial charge < -0.3 is 18.6 Å². The lowest BCUT2D eigenvalue weighted by Crippen LogP contribution is -2.32. The number of ether oxygens (including phenoxy) is 1. The zero-order valence-electron chi connectivity index (χ0n) is 13.8. The highest BCUT2D eigenvalue weighted by Crippen LogP contribution is 2.34. The minimum absolute atomic E-state index is 0.0575. The lowest BCUT2D eigenvalue weighted by molar-refractivity contribution is 0.0638. The molecule has 2 aromatic rings. The molecule has 23 heavy (non-hydrogen) atoms. The highest BCUT2D eigenvalue weighted by molar-refractivity contribution is 5.92. The van der Waals surface area contributed by atoms with E-state index >= 15 is 0 Å². The standard InChI is InChI=1S/C16H21N3O4/c1-5-13-9(2)6-14(22-13)16(20)19-8-11(21-4)7-12(19)15-17-10(3)18-23-15/h6,11-12H,5,7-8H2,1-4H3/t11-,12-/m1/s1. The van der Waals surface area contributed by atoms with Crippen LogP contribution < -0.4 is 0 Å². The number of methoxy groups -OCH3 is 1. The molecule has 0 unspecified atom stereocenters. The molecule has 3 rings (SSSR count). The van der Waals surface area contributed by atoms with E-state index in [0.29, 0.717) is 30.4 Å². The lowest BCUT2D eigenvalue weighted by atomic mass is 10.2. The molecule has 0 aliphatic carbocycles. The van der Waals surface area contributed by atoms with E-state index in [-0.39, 0.29) is 18.1 Å². The molecule has 1 saturated heterocycles. The monoisotopic (exact) mass is 319 g/mol. The molecule has 0 aromatic carbocycles. The van der Waals surface area contributed by atoms with Crippen LogP contribution in [-0.4, -0.2) is 40.7 Å². The summed E-state index contributed by atoms with van der Waals surface area (Å²) >= 11 is 0. The predicted molar refractivity (Wildman–Crippen MR) is 81.0 cm³/mol. The summed E-state index contributed by atoms with van der Waals surface area (Å²) in [6.45, 7) is 6.18. The van der Waals surface area contributed by atoms with Crippen molar-refractivity contribution < 1.29 is 18.5 Å². The lowest BCUT2D eigenvalue weighted by Gasteiger charge is -2.20. The van der Waals surface area contributed by atoms with Gasteiger partial charge in [0.1, 0.15) is 11.8 Å². The summed E-state index contributed by atoms with van der Waals surface area (Å²) in [5.41, 5.74) is 0.989. The van der Waals surface area contributed by atoms with Crippen LogP contribution >= 0.6 is 0 Å². The molecule has 1 aliphatic rings. The Morgan fingerprint density at radius 2 is 2.26 bits per heavy atom. The second-order valence-corrected chi connectivity index (χ2v) is 5.82. The van der Waals surface area contributed by atoms with Crippen LogP contribution in [0.1, 0.15) is 53.0 Å². The number of hydrogen-bond donors (Lipinski definition) is 0. The molecule has 0 radical (unpaired) electrons. The number of aryl methyl sites for hydroxylation is 3. The molecule has 1 aliphatic heterocycles. The van der Waals surface area contributed by atoms with E-state index < -0.39 is 0 Å². The van der Waals surface area contributed by atoms with Gasteiger partial charge in [-0.05, 0) is 25.5 Å². The Morgan fingerprint density at radius 3 is 2.83 bits per heavy atom. The Morgan fingerprint density at radius 1 is 1.48 bits per heavy atom. The third-order valence-corrected chi connectivity index (χ3v) is 4.24. The first kappa shape index (κ1) is 15.7. The van der Waals surface area contributed by atoms with Crippen LogP contribution in [0.2, 0.25) is 0 Å². The summed E-state index contributed by atoms with van der Waals surface area (Å²) in [5.74, 6) is 2.00. The Kier molecular flexibility index (Phi) is 4.21. The van der Waals surface area contributed by atoms with Crippen molar-refractivity contribution in [3.8, 4) is 0 Å². The van der Waals surface area contributed by atoms with Gasteiger partial charge in [-0.25, -0.2) is 0 Å². The average molecular weight is 319 g/mol. The summed E-state index contributed by atoms with van der Waals surface area (Å²) in [5, 5.41) is 3.82. The van der Waals surface area contributed by atoms with Gasteiger partial charge in [-0.2, -0.15) is 4.98 Å². The normalized spacial score (nSPS) is 21.1. The van der Waals surface area contributed by atoms with Crippen molar-refractivity contribution in [2.24, 2.45) is 0 Å². The minimum atomic E-state index is -0.288. The Balaban J connectivity index is 1.89. The van der Waals surface area contributed by atoms with Crippen molar-refractivity contribution in [2.45, 2.75) is 45.8 Å². The van der Waals surface area contributed by atoms with Crippen molar-refractivity contribution >= 4 is 5.91 Å². The molecular weight excluding hydrogens is 298 g/mol. The van der Waals surface area contributed by atoms with Crippen molar-refractivity contribution in [1.29, 1.82) is 0 Å². The molecule has 7 heteroatoms. The van der Waals surface area contributed by atoms with Crippen LogP contribution in [0, 0.1) is 13.8 Å². The maximum absolute atomic E-state index is 12.9. The number of nitrogens with zero attached hydrogens (tertiary/aromatic N) is 3. The third kappa shape index (κ3) is 2.88. The van der Waals surface area contributed by atoms with E-state index in [0.717, 1.165) is 17.7 Å². The molecule has 0 spiro atoms. The first-order valence-electron chi connectivity index (χ1n) is 7.76. The summed E-state index contributed by atoms with van der Waals surface area (Å²) < 4.78 is 16.4. The molecule has 7 nitrogen and oxygen atoms in total. The van der Waals surface area contributed by atoms with Crippen molar-refractivity contribution in [3.05, 3.63) is 34.9 Å². The topological polar surface area (TPSA) is 81.6 Å². The quantitative estimate of drug-likeness (QED) is 0.861. The summed E-state index contributed by atoms with van der Waals surface area (Å²) in [7, 11) is 1.64. The van der Waals surface area contributed by atoms with Gasteiger partial charge in [0, 0.05) is 26.5 Å². The molecule has 2 atom stereocenters. The highest BCUT2D eigenvalue weighted by atomic mass is 16.5. The average Bonchev–Trinajstić information content (AvgIpc) is 3.23. The zero-order chi connectivity index (χ0) is 16.6. The van der Waals surface area contributed by atoms with Gasteiger partial charge >= 0.3 is 0 Å². The Labute approximate surface area is 134 Å². The van der Waals surface area contributed by atoms with Gasteiger partial charge in [-0.1, -0.05) is 12.1 Å². The van der Waals surface area contributed by atoms with Gasteiger partial charge in [0.2, 0.25) is 5.89 Å². The van der Waals surface area contributed by atoms with Crippen LogP contribution in [0.4, 0.5) is 0 Å². The summed E-state index contributed by atoms with van der Waals surface area (Å²) in [6.07, 6.45) is 1.33. The largest absolute Gasteiger partial charge is 0.456 e. The fraction of sp³-hybridized carbons (Fsp3) is 0.562. The number of hydrogen-bond acceptors (Lipinski definition) is 6. The number of rotatable bonds is 4.